The first-order valence-electron chi connectivity index (χ1n) is 6.83. The van der Waals surface area contributed by atoms with E-state index < -0.39 is 11.4 Å². The summed E-state index contributed by atoms with van der Waals surface area (Å²) in [4.78, 5) is 24.9. The summed E-state index contributed by atoms with van der Waals surface area (Å²) in [6.07, 6.45) is 4.71. The van der Waals surface area contributed by atoms with Crippen LogP contribution in [0.2, 0.25) is 0 Å². The van der Waals surface area contributed by atoms with E-state index in [4.69, 9.17) is 5.11 Å². The third-order valence-electron chi connectivity index (χ3n) is 4.71. The molecule has 0 spiro atoms. The van der Waals surface area contributed by atoms with Crippen LogP contribution >= 0.6 is 0 Å². The number of aliphatic carboxylic acids is 1. The second-order valence-corrected chi connectivity index (χ2v) is 6.09. The Labute approximate surface area is 113 Å². The van der Waals surface area contributed by atoms with Crippen molar-refractivity contribution in [3.05, 3.63) is 0 Å². The Kier molecular flexibility index (Phi) is 3.71. The summed E-state index contributed by atoms with van der Waals surface area (Å²) in [5.41, 5.74) is -0.617. The molecule has 6 nitrogen and oxygen atoms in total. The Hall–Kier alpha value is -1.30. The van der Waals surface area contributed by atoms with Crippen LogP contribution in [0.25, 0.3) is 0 Å². The van der Waals surface area contributed by atoms with Gasteiger partial charge in [-0.15, -0.1) is 0 Å². The molecule has 2 fully saturated rings. The van der Waals surface area contributed by atoms with Crippen LogP contribution in [-0.4, -0.2) is 54.7 Å². The summed E-state index contributed by atoms with van der Waals surface area (Å²) in [6.45, 7) is 0.842. The molecule has 0 bridgehead atoms. The molecule has 2 saturated carbocycles. The van der Waals surface area contributed by atoms with Crippen LogP contribution < -0.4 is 10.6 Å². The molecule has 2 aliphatic rings. The number of urea groups is 1. The van der Waals surface area contributed by atoms with Gasteiger partial charge in [0.05, 0.1) is 5.41 Å². The van der Waals surface area contributed by atoms with Crippen LogP contribution in [0.4, 0.5) is 4.79 Å². The third-order valence-corrected chi connectivity index (χ3v) is 4.71. The van der Waals surface area contributed by atoms with Crippen molar-refractivity contribution in [1.29, 1.82) is 0 Å². The van der Waals surface area contributed by atoms with Crippen molar-refractivity contribution in [2.75, 3.05) is 27.2 Å². The maximum Gasteiger partial charge on any atom is 0.314 e. The normalized spacial score (nSPS) is 22.5. The predicted molar refractivity (Wildman–Crippen MR) is 71.0 cm³/mol. The largest absolute Gasteiger partial charge is 0.481 e. The van der Waals surface area contributed by atoms with Gasteiger partial charge in [0.1, 0.15) is 0 Å². The minimum atomic E-state index is -0.809. The fourth-order valence-corrected chi connectivity index (χ4v) is 2.54. The highest BCUT2D eigenvalue weighted by atomic mass is 16.4. The number of carboxylic acid groups (broad SMARTS) is 1. The van der Waals surface area contributed by atoms with E-state index >= 15 is 0 Å². The predicted octanol–water partition coefficient (Wildman–Crippen LogP) is 0.635. The second-order valence-electron chi connectivity index (χ2n) is 6.09. The zero-order valence-electron chi connectivity index (χ0n) is 11.7. The van der Waals surface area contributed by atoms with E-state index in [1.54, 1.807) is 0 Å². The van der Waals surface area contributed by atoms with E-state index in [-0.39, 0.29) is 18.1 Å². The highest BCUT2D eigenvalue weighted by Gasteiger charge is 2.50. The van der Waals surface area contributed by atoms with Gasteiger partial charge in [-0.05, 0) is 46.2 Å². The van der Waals surface area contributed by atoms with Crippen molar-refractivity contribution in [2.24, 2.45) is 5.41 Å². The van der Waals surface area contributed by atoms with E-state index in [0.717, 1.165) is 12.8 Å². The van der Waals surface area contributed by atoms with Gasteiger partial charge in [0, 0.05) is 18.6 Å². The van der Waals surface area contributed by atoms with Gasteiger partial charge in [0.2, 0.25) is 0 Å². The summed E-state index contributed by atoms with van der Waals surface area (Å²) >= 11 is 0. The van der Waals surface area contributed by atoms with E-state index in [2.05, 4.69) is 15.5 Å². The Morgan fingerprint density at radius 3 is 2.05 bits per heavy atom. The molecule has 3 N–H and O–H groups in total. The summed E-state index contributed by atoms with van der Waals surface area (Å²) in [5.74, 6) is -0.809. The van der Waals surface area contributed by atoms with Crippen molar-refractivity contribution in [3.63, 3.8) is 0 Å². The fourth-order valence-electron chi connectivity index (χ4n) is 2.54. The fraction of sp³-hybridized carbons (Fsp3) is 0.846. The quantitative estimate of drug-likeness (QED) is 0.661. The first kappa shape index (κ1) is 14.1. The van der Waals surface area contributed by atoms with Crippen molar-refractivity contribution in [3.8, 4) is 0 Å². The van der Waals surface area contributed by atoms with Crippen molar-refractivity contribution in [1.82, 2.24) is 15.5 Å². The number of hydrogen-bond acceptors (Lipinski definition) is 3. The smallest absolute Gasteiger partial charge is 0.314 e. The molecule has 0 aromatic heterocycles. The van der Waals surface area contributed by atoms with Gasteiger partial charge in [-0.1, -0.05) is 0 Å². The lowest BCUT2D eigenvalue weighted by atomic mass is 9.75. The number of likely N-dealkylation sites (N-methyl/N-ethyl adjacent to an activating group) is 1. The molecule has 2 aliphatic carbocycles. The monoisotopic (exact) mass is 269 g/mol. The standard InChI is InChI=1S/C13H23N3O3/c1-16(2)13(4-3-5-13)9-15-11(19)14-8-12(6-7-12)10(17)18/h3-9H2,1-2H3,(H,17,18)(H2,14,15,19). The van der Waals surface area contributed by atoms with Crippen LogP contribution in [0.1, 0.15) is 32.1 Å². The zero-order valence-corrected chi connectivity index (χ0v) is 11.7. The lowest BCUT2D eigenvalue weighted by molar-refractivity contribution is -0.143. The first-order valence-corrected chi connectivity index (χ1v) is 6.83. The van der Waals surface area contributed by atoms with Crippen molar-refractivity contribution < 1.29 is 14.7 Å². The summed E-state index contributed by atoms with van der Waals surface area (Å²) in [7, 11) is 4.06. The molecule has 2 rings (SSSR count). The van der Waals surface area contributed by atoms with E-state index in [1.165, 1.54) is 6.42 Å². The number of carbonyl (C=O) groups excluding carboxylic acids is 1. The average Bonchev–Trinajstić information content (AvgIpc) is 3.05. The van der Waals surface area contributed by atoms with Crippen LogP contribution in [0, 0.1) is 5.41 Å². The Bertz CT molecular complexity index is 373. The second kappa shape index (κ2) is 5.00. The summed E-state index contributed by atoms with van der Waals surface area (Å²) < 4.78 is 0. The van der Waals surface area contributed by atoms with E-state index in [1.807, 2.05) is 14.1 Å². The van der Waals surface area contributed by atoms with Crippen LogP contribution in [0.3, 0.4) is 0 Å². The molecule has 19 heavy (non-hydrogen) atoms. The van der Waals surface area contributed by atoms with Gasteiger partial charge in [-0.25, -0.2) is 4.79 Å². The molecule has 0 heterocycles. The van der Waals surface area contributed by atoms with Crippen LogP contribution in [0.15, 0.2) is 0 Å². The molecule has 0 aromatic rings. The van der Waals surface area contributed by atoms with Gasteiger partial charge in [-0.2, -0.15) is 0 Å². The maximum absolute atomic E-state index is 11.7. The van der Waals surface area contributed by atoms with Crippen LogP contribution in [-0.2, 0) is 4.79 Å². The molecular weight excluding hydrogens is 246 g/mol. The molecular formula is C13H23N3O3. The molecule has 0 aliphatic heterocycles. The molecule has 0 unspecified atom stereocenters. The molecule has 2 amide bonds. The summed E-state index contributed by atoms with van der Waals surface area (Å²) in [5, 5.41) is 14.6. The van der Waals surface area contributed by atoms with E-state index in [9.17, 15) is 9.59 Å². The van der Waals surface area contributed by atoms with Crippen LogP contribution in [0.5, 0.6) is 0 Å². The number of nitrogens with zero attached hydrogens (tertiary/aromatic N) is 1. The van der Waals surface area contributed by atoms with Gasteiger partial charge < -0.3 is 20.6 Å². The highest BCUT2D eigenvalue weighted by molar-refractivity contribution is 5.80. The van der Waals surface area contributed by atoms with Gasteiger partial charge in [0.15, 0.2) is 0 Å². The molecule has 0 radical (unpaired) electrons. The molecule has 108 valence electrons. The number of rotatable bonds is 6. The lowest BCUT2D eigenvalue weighted by Gasteiger charge is -2.47. The zero-order chi connectivity index (χ0) is 14.1. The third kappa shape index (κ3) is 2.83. The first-order chi connectivity index (χ1) is 8.90. The minimum absolute atomic E-state index is 0.0847. The summed E-state index contributed by atoms with van der Waals surface area (Å²) in [6, 6.07) is -0.263. The van der Waals surface area contributed by atoms with Gasteiger partial charge in [-0.3, -0.25) is 4.79 Å². The lowest BCUT2D eigenvalue weighted by Crippen LogP contribution is -2.58. The maximum atomic E-state index is 11.7. The number of carbonyl (C=O) groups is 2. The molecule has 0 aromatic carbocycles. The Morgan fingerprint density at radius 2 is 1.68 bits per heavy atom. The average molecular weight is 269 g/mol. The van der Waals surface area contributed by atoms with Gasteiger partial charge >= 0.3 is 12.0 Å². The number of carboxylic acids is 1. The number of nitrogens with one attached hydrogen (secondary N) is 2. The van der Waals surface area contributed by atoms with Crippen molar-refractivity contribution in [2.45, 2.75) is 37.6 Å². The minimum Gasteiger partial charge on any atom is -0.481 e. The van der Waals surface area contributed by atoms with Gasteiger partial charge in [0.25, 0.3) is 0 Å². The number of hydrogen-bond donors (Lipinski definition) is 3. The molecule has 0 atom stereocenters. The Balaban J connectivity index is 1.72. The van der Waals surface area contributed by atoms with E-state index in [0.29, 0.717) is 19.4 Å². The topological polar surface area (TPSA) is 81.7 Å². The number of amides is 2. The van der Waals surface area contributed by atoms with Crippen molar-refractivity contribution >= 4 is 12.0 Å². The molecule has 6 heteroatoms. The SMILES string of the molecule is CN(C)C1(CNC(=O)NCC2(C(=O)O)CC2)CCC1. The highest BCUT2D eigenvalue weighted by Crippen LogP contribution is 2.45. The Morgan fingerprint density at radius 1 is 1.11 bits per heavy atom. The molecule has 0 saturated heterocycles.